The third-order valence-corrected chi connectivity index (χ3v) is 7.83. The monoisotopic (exact) mass is 626 g/mol. The van der Waals surface area contributed by atoms with E-state index >= 15 is 0 Å². The maximum atomic E-state index is 14.3. The van der Waals surface area contributed by atoms with Crippen molar-refractivity contribution < 1.29 is 23.0 Å². The molecule has 2 atom stereocenters. The average molecular weight is 627 g/mol. The summed E-state index contributed by atoms with van der Waals surface area (Å²) in [5, 5.41) is 10.00. The van der Waals surface area contributed by atoms with E-state index < -0.39 is 23.9 Å². The number of amides is 1. The van der Waals surface area contributed by atoms with E-state index in [0.717, 1.165) is 25.7 Å². The number of azide groups is 1. The predicted molar refractivity (Wildman–Crippen MR) is 166 cm³/mol. The molecule has 1 aromatic carbocycles. The van der Waals surface area contributed by atoms with Gasteiger partial charge in [0.15, 0.2) is 5.82 Å². The second-order valence-electron chi connectivity index (χ2n) is 12.6. The van der Waals surface area contributed by atoms with E-state index in [0.29, 0.717) is 48.4 Å². The summed E-state index contributed by atoms with van der Waals surface area (Å²) in [4.78, 5) is 30.7. The summed E-state index contributed by atoms with van der Waals surface area (Å²) in [6.45, 7) is 9.07. The van der Waals surface area contributed by atoms with Gasteiger partial charge in [-0.1, -0.05) is 17.2 Å². The van der Waals surface area contributed by atoms with Crippen LogP contribution in [0.2, 0.25) is 0 Å². The highest BCUT2D eigenvalue weighted by Gasteiger charge is 2.29. The van der Waals surface area contributed by atoms with Crippen molar-refractivity contribution in [3.8, 4) is 5.82 Å². The van der Waals surface area contributed by atoms with Crippen LogP contribution in [0, 0.1) is 5.92 Å². The Morgan fingerprint density at radius 2 is 1.89 bits per heavy atom. The fraction of sp³-hybridized carbons (Fsp3) is 0.600. The molecule has 15 heteroatoms. The summed E-state index contributed by atoms with van der Waals surface area (Å²) < 4.78 is 41.3. The molecular weight excluding hydrogens is 586 g/mol. The first-order valence-electron chi connectivity index (χ1n) is 15.3. The molecule has 1 aliphatic carbocycles. The summed E-state index contributed by atoms with van der Waals surface area (Å²) in [5.74, 6) is 1.01. The van der Waals surface area contributed by atoms with Gasteiger partial charge in [0.25, 0.3) is 6.43 Å². The minimum atomic E-state index is -2.83. The van der Waals surface area contributed by atoms with Crippen molar-refractivity contribution in [1.29, 1.82) is 0 Å². The first-order chi connectivity index (χ1) is 21.5. The number of carbonyl (C=O) groups is 1. The van der Waals surface area contributed by atoms with Crippen molar-refractivity contribution in [2.75, 3.05) is 36.4 Å². The van der Waals surface area contributed by atoms with Crippen LogP contribution in [-0.4, -0.2) is 75.6 Å². The zero-order valence-corrected chi connectivity index (χ0v) is 26.0. The van der Waals surface area contributed by atoms with Crippen molar-refractivity contribution >= 4 is 28.9 Å². The number of imidazole rings is 1. The van der Waals surface area contributed by atoms with E-state index in [1.807, 2.05) is 32.6 Å². The maximum Gasteiger partial charge on any atom is 0.407 e. The number of anilines is 2. The number of rotatable bonds is 9. The molecule has 13 nitrogen and oxygen atoms in total. The van der Waals surface area contributed by atoms with Gasteiger partial charge < -0.3 is 25.0 Å². The number of benzene rings is 1. The lowest BCUT2D eigenvalue weighted by atomic mass is 9.86. The first kappa shape index (κ1) is 32.2. The molecule has 5 rings (SSSR count). The van der Waals surface area contributed by atoms with Crippen LogP contribution in [0.4, 0.5) is 25.3 Å². The number of nitrogens with one attached hydrogen (secondary N) is 2. The number of para-hydroxylation sites is 2. The molecule has 1 aliphatic heterocycles. The number of morpholine rings is 1. The molecule has 2 aromatic heterocycles. The Balaban J connectivity index is 1.38. The van der Waals surface area contributed by atoms with E-state index in [4.69, 9.17) is 25.0 Å². The molecular formula is C30H40F2N10O3. The number of alkyl carbamates (subject to hydrolysis) is 1. The molecule has 45 heavy (non-hydrogen) atoms. The standard InChI is InChI=1S/C30H40F2N10O3/c1-18-16-41(17-21(44-18)15-35-40-33)24-13-25(42-23-8-6-5-7-22(23)37-27(42)26(31)32)39-28(38-24)34-14-19-9-11-20(12-10-19)36-29(43)45-30(2,3)4/h5-8,13,18-21,26H,9-12,14-17H2,1-4H3,(H,36,43)(H,34,38,39)/t18-,19?,20?,21+/m1/s1. The van der Waals surface area contributed by atoms with Crippen molar-refractivity contribution in [2.45, 2.75) is 83.7 Å². The van der Waals surface area contributed by atoms with E-state index in [2.05, 4.69) is 25.6 Å². The van der Waals surface area contributed by atoms with E-state index in [1.54, 1.807) is 30.3 Å². The predicted octanol–water partition coefficient (Wildman–Crippen LogP) is 6.15. The summed E-state index contributed by atoms with van der Waals surface area (Å²) >= 11 is 0. The van der Waals surface area contributed by atoms with Crippen molar-refractivity contribution in [3.05, 3.63) is 46.6 Å². The first-order valence-corrected chi connectivity index (χ1v) is 15.3. The fourth-order valence-electron chi connectivity index (χ4n) is 5.89. The normalized spacial score (nSPS) is 22.2. The SMILES string of the molecule is C[C@@H]1CN(c2cc(-n3c(C(F)F)nc4ccccc43)nc(NCC3CCC(NC(=O)OC(C)(C)C)CC3)n2)C[C@H](CN=[N+]=[N-])O1. The molecule has 1 amide bonds. The average Bonchev–Trinajstić information content (AvgIpc) is 3.39. The molecule has 3 heterocycles. The number of fused-ring (bicyclic) bond motifs is 1. The highest BCUT2D eigenvalue weighted by molar-refractivity contribution is 5.78. The smallest absolute Gasteiger partial charge is 0.407 e. The van der Waals surface area contributed by atoms with Crippen LogP contribution in [0.25, 0.3) is 27.3 Å². The number of ether oxygens (including phenoxy) is 2. The zero-order valence-electron chi connectivity index (χ0n) is 26.0. The van der Waals surface area contributed by atoms with Gasteiger partial charge in [-0.25, -0.2) is 18.6 Å². The lowest BCUT2D eigenvalue weighted by Gasteiger charge is -2.37. The van der Waals surface area contributed by atoms with Crippen molar-refractivity contribution in [3.63, 3.8) is 0 Å². The third kappa shape index (κ3) is 8.28. The second kappa shape index (κ2) is 13.8. The van der Waals surface area contributed by atoms with Gasteiger partial charge in [0, 0.05) is 36.7 Å². The number of hydrogen-bond acceptors (Lipinski definition) is 9. The van der Waals surface area contributed by atoms with Gasteiger partial charge in [-0.05, 0) is 77.0 Å². The van der Waals surface area contributed by atoms with Crippen LogP contribution >= 0.6 is 0 Å². The second-order valence-corrected chi connectivity index (χ2v) is 12.6. The lowest BCUT2D eigenvalue weighted by molar-refractivity contribution is -0.0106. The van der Waals surface area contributed by atoms with E-state index in [1.165, 1.54) is 4.57 Å². The number of carbonyl (C=O) groups excluding carboxylic acids is 1. The summed E-state index contributed by atoms with van der Waals surface area (Å²) in [6.07, 6.45) is -0.376. The van der Waals surface area contributed by atoms with Crippen LogP contribution in [0.3, 0.4) is 0 Å². The maximum absolute atomic E-state index is 14.3. The summed E-state index contributed by atoms with van der Waals surface area (Å²) in [6, 6.07) is 8.68. The molecule has 1 saturated carbocycles. The molecule has 242 valence electrons. The Morgan fingerprint density at radius 1 is 1.16 bits per heavy atom. The van der Waals surface area contributed by atoms with Crippen LogP contribution in [0.1, 0.15) is 65.6 Å². The lowest BCUT2D eigenvalue weighted by Crippen LogP contribution is -2.48. The molecule has 0 radical (unpaired) electrons. The summed E-state index contributed by atoms with van der Waals surface area (Å²) in [5.41, 5.74) is 9.20. The molecule has 0 unspecified atom stereocenters. The third-order valence-electron chi connectivity index (χ3n) is 7.83. The van der Waals surface area contributed by atoms with Crippen LogP contribution in [0.5, 0.6) is 0 Å². The molecule has 1 saturated heterocycles. The van der Waals surface area contributed by atoms with Crippen LogP contribution in [0.15, 0.2) is 35.4 Å². The minimum Gasteiger partial charge on any atom is -0.444 e. The number of halogens is 2. The minimum absolute atomic E-state index is 0.0474. The Hall–Kier alpha value is -4.23. The highest BCUT2D eigenvalue weighted by Crippen LogP contribution is 2.31. The Labute approximate surface area is 260 Å². The molecule has 2 aliphatic rings. The Bertz CT molecular complexity index is 1530. The van der Waals surface area contributed by atoms with E-state index in [-0.39, 0.29) is 30.6 Å². The number of alkyl halides is 2. The fourth-order valence-corrected chi connectivity index (χ4v) is 5.89. The number of hydrogen-bond donors (Lipinski definition) is 2. The van der Waals surface area contributed by atoms with Gasteiger partial charge in [-0.3, -0.25) is 4.57 Å². The van der Waals surface area contributed by atoms with Crippen molar-refractivity contribution in [2.24, 2.45) is 11.0 Å². The summed E-state index contributed by atoms with van der Waals surface area (Å²) in [7, 11) is 0. The van der Waals surface area contributed by atoms with Gasteiger partial charge in [0.05, 0.1) is 29.8 Å². The molecule has 0 bridgehead atoms. The van der Waals surface area contributed by atoms with E-state index in [9.17, 15) is 13.6 Å². The molecule has 2 N–H and O–H groups in total. The van der Waals surface area contributed by atoms with Crippen LogP contribution in [-0.2, 0) is 9.47 Å². The van der Waals surface area contributed by atoms with Crippen LogP contribution < -0.4 is 15.5 Å². The van der Waals surface area contributed by atoms with Gasteiger partial charge in [-0.2, -0.15) is 9.97 Å². The van der Waals surface area contributed by atoms with Crippen molar-refractivity contribution in [1.82, 2.24) is 24.8 Å². The van der Waals surface area contributed by atoms with Gasteiger partial charge in [0.1, 0.15) is 17.2 Å². The van der Waals surface area contributed by atoms with Gasteiger partial charge >= 0.3 is 6.09 Å². The van der Waals surface area contributed by atoms with Gasteiger partial charge in [0.2, 0.25) is 5.95 Å². The highest BCUT2D eigenvalue weighted by atomic mass is 19.3. The molecule has 3 aromatic rings. The van der Waals surface area contributed by atoms with Gasteiger partial charge in [-0.15, -0.1) is 0 Å². The molecule has 2 fully saturated rings. The topological polar surface area (TPSA) is 155 Å². The quantitative estimate of drug-likeness (QED) is 0.163. The largest absolute Gasteiger partial charge is 0.444 e. The number of aromatic nitrogens is 4. The Morgan fingerprint density at radius 3 is 2.60 bits per heavy atom. The Kier molecular flexibility index (Phi) is 9.88. The number of nitrogens with zero attached hydrogens (tertiary/aromatic N) is 8. The molecule has 0 spiro atoms. The zero-order chi connectivity index (χ0) is 32.1.